The van der Waals surface area contributed by atoms with Crippen LogP contribution in [0.2, 0.25) is 0 Å². The van der Waals surface area contributed by atoms with E-state index in [1.54, 1.807) is 18.3 Å². The molecule has 1 aromatic carbocycles. The molecule has 0 unspecified atom stereocenters. The third-order valence-corrected chi connectivity index (χ3v) is 5.33. The Kier molecular flexibility index (Phi) is 4.42. The Morgan fingerprint density at radius 2 is 2.04 bits per heavy atom. The molecule has 2 N–H and O–H groups in total. The molecule has 26 heavy (non-hydrogen) atoms. The van der Waals surface area contributed by atoms with Crippen molar-refractivity contribution in [3.8, 4) is 11.5 Å². The van der Waals surface area contributed by atoms with Crippen molar-refractivity contribution < 1.29 is 9.32 Å². The zero-order valence-corrected chi connectivity index (χ0v) is 15.4. The number of carbonyl (C=O) groups is 1. The Morgan fingerprint density at radius 3 is 2.77 bits per heavy atom. The van der Waals surface area contributed by atoms with Crippen LogP contribution in [-0.4, -0.2) is 21.2 Å². The number of aryl methyl sites for hydroxylation is 3. The monoisotopic (exact) mass is 369 g/mol. The number of rotatable bonds is 3. The minimum absolute atomic E-state index is 0.0238. The molecule has 0 fully saturated rings. The van der Waals surface area contributed by atoms with Crippen molar-refractivity contribution in [1.29, 1.82) is 0 Å². The molecule has 0 spiro atoms. The van der Waals surface area contributed by atoms with E-state index in [9.17, 15) is 4.79 Å². The molecule has 0 saturated heterocycles. The topological polar surface area (TPSA) is 92.9 Å². The van der Waals surface area contributed by atoms with E-state index in [4.69, 9.17) is 4.52 Å². The third kappa shape index (κ3) is 3.45. The van der Waals surface area contributed by atoms with Crippen LogP contribution < -0.4 is 10.6 Å². The van der Waals surface area contributed by atoms with E-state index in [2.05, 4.69) is 25.8 Å². The number of fused-ring (bicyclic) bond motifs is 1. The van der Waals surface area contributed by atoms with Gasteiger partial charge in [0.25, 0.3) is 5.89 Å². The summed E-state index contributed by atoms with van der Waals surface area (Å²) in [6.07, 6.45) is 3.04. The van der Waals surface area contributed by atoms with Crippen LogP contribution in [0.25, 0.3) is 11.5 Å². The minimum atomic E-state index is -0.227. The average Bonchev–Trinajstić information content (AvgIpc) is 3.21. The van der Waals surface area contributed by atoms with Gasteiger partial charge in [-0.2, -0.15) is 4.98 Å². The summed E-state index contributed by atoms with van der Waals surface area (Å²) >= 11 is 1.72. The van der Waals surface area contributed by atoms with Crippen molar-refractivity contribution in [2.45, 2.75) is 39.2 Å². The number of amides is 2. The summed E-state index contributed by atoms with van der Waals surface area (Å²) in [7, 11) is 0. The van der Waals surface area contributed by atoms with Gasteiger partial charge in [0.1, 0.15) is 0 Å². The highest BCUT2D eigenvalue weighted by molar-refractivity contribution is 7.11. The fourth-order valence-electron chi connectivity index (χ4n) is 3.12. The lowest BCUT2D eigenvalue weighted by atomic mass is 9.98. The van der Waals surface area contributed by atoms with Crippen LogP contribution in [-0.2, 0) is 6.42 Å². The molecule has 4 rings (SSSR count). The maximum atomic E-state index is 12.4. The highest BCUT2D eigenvalue weighted by atomic mass is 32.1. The first-order chi connectivity index (χ1) is 12.6. The van der Waals surface area contributed by atoms with Crippen LogP contribution in [0.15, 0.2) is 28.8 Å². The van der Waals surface area contributed by atoms with E-state index in [-0.39, 0.29) is 12.1 Å². The van der Waals surface area contributed by atoms with Gasteiger partial charge in [-0.3, -0.25) is 0 Å². The molecule has 7 nitrogen and oxygen atoms in total. The molecule has 1 aliphatic rings. The number of anilines is 1. The maximum Gasteiger partial charge on any atom is 0.319 e. The van der Waals surface area contributed by atoms with Gasteiger partial charge in [0.05, 0.1) is 16.7 Å². The van der Waals surface area contributed by atoms with E-state index in [1.165, 1.54) is 4.88 Å². The second-order valence-electron chi connectivity index (χ2n) is 6.31. The second kappa shape index (κ2) is 6.87. The van der Waals surface area contributed by atoms with Gasteiger partial charge >= 0.3 is 6.03 Å². The van der Waals surface area contributed by atoms with Crippen molar-refractivity contribution in [1.82, 2.24) is 20.4 Å². The van der Waals surface area contributed by atoms with Crippen LogP contribution in [0.1, 0.15) is 40.3 Å². The molecule has 1 atom stereocenters. The summed E-state index contributed by atoms with van der Waals surface area (Å²) in [5.74, 6) is 1.05. The lowest BCUT2D eigenvalue weighted by molar-refractivity contribution is 0.247. The van der Waals surface area contributed by atoms with E-state index >= 15 is 0 Å². The molecular formula is C18H19N5O2S. The standard InChI is InChI=1S/C18H19N5O2S/c1-10-19-17(25-23-10)12-6-8-13(9-7-12)21-18(24)22-14-4-3-5-15-16(14)20-11(2)26-15/h6-9,14H,3-5H2,1-2H3,(H2,21,22,24)/t14-/m0/s1. The zero-order valence-electron chi connectivity index (χ0n) is 14.6. The van der Waals surface area contributed by atoms with Crippen molar-refractivity contribution in [2.75, 3.05) is 5.32 Å². The number of hydrogen-bond acceptors (Lipinski definition) is 6. The molecule has 3 aromatic rings. The number of nitrogens with zero attached hydrogens (tertiary/aromatic N) is 3. The quantitative estimate of drug-likeness (QED) is 0.728. The largest absolute Gasteiger partial charge is 0.334 e. The van der Waals surface area contributed by atoms with Crippen LogP contribution in [0, 0.1) is 13.8 Å². The van der Waals surface area contributed by atoms with E-state index in [0.29, 0.717) is 17.4 Å². The fraction of sp³-hybridized carbons (Fsp3) is 0.333. The summed E-state index contributed by atoms with van der Waals surface area (Å²) in [4.78, 5) is 22.4. The van der Waals surface area contributed by atoms with Crippen LogP contribution >= 0.6 is 11.3 Å². The normalized spacial score (nSPS) is 16.2. The van der Waals surface area contributed by atoms with Crippen molar-refractivity contribution in [2.24, 2.45) is 0 Å². The van der Waals surface area contributed by atoms with E-state index in [1.807, 2.05) is 31.2 Å². The molecule has 134 valence electrons. The molecule has 0 aliphatic heterocycles. The van der Waals surface area contributed by atoms with Gasteiger partial charge in [-0.25, -0.2) is 9.78 Å². The summed E-state index contributed by atoms with van der Waals surface area (Å²) in [6, 6.07) is 7.05. The van der Waals surface area contributed by atoms with E-state index in [0.717, 1.165) is 35.5 Å². The Hall–Kier alpha value is -2.74. The molecule has 0 bridgehead atoms. The van der Waals surface area contributed by atoms with Crippen molar-refractivity contribution >= 4 is 23.1 Å². The number of thiazole rings is 1. The summed E-state index contributed by atoms with van der Waals surface area (Å²) in [5.41, 5.74) is 2.54. The first kappa shape index (κ1) is 16.7. The molecule has 2 aromatic heterocycles. The predicted octanol–water partition coefficient (Wildman–Crippen LogP) is 4.01. The molecule has 8 heteroatoms. The smallest absolute Gasteiger partial charge is 0.319 e. The molecule has 1 aliphatic carbocycles. The highest BCUT2D eigenvalue weighted by Crippen LogP contribution is 2.33. The number of urea groups is 1. The zero-order chi connectivity index (χ0) is 18.1. The van der Waals surface area contributed by atoms with Gasteiger partial charge in [-0.15, -0.1) is 11.3 Å². The Labute approximate surface area is 154 Å². The number of hydrogen-bond donors (Lipinski definition) is 2. The van der Waals surface area contributed by atoms with Crippen LogP contribution in [0.4, 0.5) is 10.5 Å². The Morgan fingerprint density at radius 1 is 1.23 bits per heavy atom. The van der Waals surface area contributed by atoms with Crippen LogP contribution in [0.3, 0.4) is 0 Å². The second-order valence-corrected chi connectivity index (χ2v) is 7.60. The van der Waals surface area contributed by atoms with E-state index < -0.39 is 0 Å². The third-order valence-electron chi connectivity index (χ3n) is 4.28. The first-order valence-corrected chi connectivity index (χ1v) is 9.34. The maximum absolute atomic E-state index is 12.4. The van der Waals surface area contributed by atoms with Crippen LogP contribution in [0.5, 0.6) is 0 Å². The Bertz CT molecular complexity index is 931. The molecule has 2 amide bonds. The molecule has 0 saturated carbocycles. The van der Waals surface area contributed by atoms with Gasteiger partial charge in [0.15, 0.2) is 5.82 Å². The lowest BCUT2D eigenvalue weighted by Gasteiger charge is -2.22. The number of aromatic nitrogens is 3. The van der Waals surface area contributed by atoms with Gasteiger partial charge in [0, 0.05) is 16.1 Å². The summed E-state index contributed by atoms with van der Waals surface area (Å²) in [5, 5.41) is 10.7. The van der Waals surface area contributed by atoms with Gasteiger partial charge in [0.2, 0.25) is 0 Å². The van der Waals surface area contributed by atoms with Gasteiger partial charge < -0.3 is 15.2 Å². The van der Waals surface area contributed by atoms with Gasteiger partial charge in [-0.1, -0.05) is 5.16 Å². The molecule has 2 heterocycles. The van der Waals surface area contributed by atoms with Gasteiger partial charge in [-0.05, 0) is 57.4 Å². The SMILES string of the molecule is Cc1noc(-c2ccc(NC(=O)N[C@H]3CCCc4sc(C)nc43)cc2)n1. The molecular weight excluding hydrogens is 350 g/mol. The number of carbonyl (C=O) groups excluding carboxylic acids is 1. The average molecular weight is 369 g/mol. The van der Waals surface area contributed by atoms with Crippen molar-refractivity contribution in [3.05, 3.63) is 45.7 Å². The fourth-order valence-corrected chi connectivity index (χ4v) is 4.16. The summed E-state index contributed by atoms with van der Waals surface area (Å²) < 4.78 is 5.14. The lowest BCUT2D eigenvalue weighted by Crippen LogP contribution is -2.34. The predicted molar refractivity (Wildman–Crippen MR) is 99.2 cm³/mol. The summed E-state index contributed by atoms with van der Waals surface area (Å²) in [6.45, 7) is 3.78. The first-order valence-electron chi connectivity index (χ1n) is 8.53. The number of benzene rings is 1. The molecule has 0 radical (unpaired) electrons. The Balaban J connectivity index is 1.41. The van der Waals surface area contributed by atoms with Crippen molar-refractivity contribution in [3.63, 3.8) is 0 Å². The highest BCUT2D eigenvalue weighted by Gasteiger charge is 2.25. The minimum Gasteiger partial charge on any atom is -0.334 e. The number of nitrogens with one attached hydrogen (secondary N) is 2.